The third kappa shape index (κ3) is 2.63. The van der Waals surface area contributed by atoms with E-state index in [1.807, 2.05) is 0 Å². The van der Waals surface area contributed by atoms with Gasteiger partial charge in [0.25, 0.3) is 0 Å². The second kappa shape index (κ2) is 5.86. The van der Waals surface area contributed by atoms with Crippen molar-refractivity contribution in [3.8, 4) is 0 Å². The topological polar surface area (TPSA) is 32.3 Å². The summed E-state index contributed by atoms with van der Waals surface area (Å²) >= 11 is 6.29. The Hall–Kier alpha value is -0.870. The molecule has 0 saturated carbocycles. The Morgan fingerprint density at radius 3 is 2.85 bits per heavy atom. The Bertz CT molecular complexity index is 477. The van der Waals surface area contributed by atoms with Crippen molar-refractivity contribution in [2.45, 2.75) is 45.1 Å². The van der Waals surface area contributed by atoms with Gasteiger partial charge >= 0.3 is 0 Å². The molecule has 0 amide bonds. The maximum absolute atomic E-state index is 6.29. The van der Waals surface area contributed by atoms with Crippen LogP contribution < -0.4 is 4.90 Å². The third-order valence-corrected chi connectivity index (χ3v) is 4.83. The maximum Gasteiger partial charge on any atom is 0.138 e. The Morgan fingerprint density at radius 1 is 1.20 bits per heavy atom. The van der Waals surface area contributed by atoms with E-state index in [-0.39, 0.29) is 0 Å². The number of anilines is 1. The molecule has 2 aliphatic heterocycles. The van der Waals surface area contributed by atoms with Gasteiger partial charge in [0.2, 0.25) is 0 Å². The molecule has 3 heterocycles. The number of piperidine rings is 1. The standard InChI is InChI=1S/C15H23ClN4/c1-11(2)13-14(16)17-10-18-15(13)20-8-7-19-6-4-3-5-12(19)9-20/h10-12H,3-9H2,1-2H3. The van der Waals surface area contributed by atoms with Crippen molar-refractivity contribution < 1.29 is 0 Å². The quantitative estimate of drug-likeness (QED) is 0.785. The van der Waals surface area contributed by atoms with Crippen molar-refractivity contribution in [1.29, 1.82) is 0 Å². The number of hydrogen-bond acceptors (Lipinski definition) is 4. The average molecular weight is 295 g/mol. The van der Waals surface area contributed by atoms with Crippen molar-refractivity contribution in [1.82, 2.24) is 14.9 Å². The van der Waals surface area contributed by atoms with Crippen molar-refractivity contribution in [3.63, 3.8) is 0 Å². The summed E-state index contributed by atoms with van der Waals surface area (Å²) in [4.78, 5) is 13.7. The van der Waals surface area contributed by atoms with E-state index in [2.05, 4.69) is 33.6 Å². The smallest absolute Gasteiger partial charge is 0.138 e. The predicted octanol–water partition coefficient (Wildman–Crippen LogP) is 2.93. The van der Waals surface area contributed by atoms with Gasteiger partial charge < -0.3 is 4.90 Å². The number of nitrogens with zero attached hydrogens (tertiary/aromatic N) is 4. The number of piperazine rings is 1. The lowest BCUT2D eigenvalue weighted by Gasteiger charge is -2.45. The summed E-state index contributed by atoms with van der Waals surface area (Å²) in [5.41, 5.74) is 1.10. The monoisotopic (exact) mass is 294 g/mol. The van der Waals surface area contributed by atoms with Gasteiger partial charge in [0.05, 0.1) is 0 Å². The van der Waals surface area contributed by atoms with E-state index >= 15 is 0 Å². The number of rotatable bonds is 2. The van der Waals surface area contributed by atoms with Gasteiger partial charge in [-0.1, -0.05) is 31.9 Å². The molecule has 1 aromatic heterocycles. The highest BCUT2D eigenvalue weighted by atomic mass is 35.5. The molecular formula is C15H23ClN4. The zero-order chi connectivity index (χ0) is 14.1. The molecule has 1 unspecified atom stereocenters. The lowest BCUT2D eigenvalue weighted by Crippen LogP contribution is -2.55. The molecule has 3 rings (SSSR count). The van der Waals surface area contributed by atoms with Crippen molar-refractivity contribution in [2.24, 2.45) is 0 Å². The fraction of sp³-hybridized carbons (Fsp3) is 0.733. The van der Waals surface area contributed by atoms with Crippen molar-refractivity contribution in [2.75, 3.05) is 31.1 Å². The largest absolute Gasteiger partial charge is 0.353 e. The first-order valence-electron chi connectivity index (χ1n) is 7.66. The van der Waals surface area contributed by atoms with Crippen molar-refractivity contribution >= 4 is 17.4 Å². The molecule has 0 radical (unpaired) electrons. The second-order valence-electron chi connectivity index (χ2n) is 6.19. The van der Waals surface area contributed by atoms with Crippen LogP contribution in [0.1, 0.15) is 44.6 Å². The molecule has 0 bridgehead atoms. The lowest BCUT2D eigenvalue weighted by molar-refractivity contribution is 0.133. The number of aromatic nitrogens is 2. The van der Waals surface area contributed by atoms with Crippen LogP contribution >= 0.6 is 11.6 Å². The average Bonchev–Trinajstić information content (AvgIpc) is 2.46. The SMILES string of the molecule is CC(C)c1c(Cl)ncnc1N1CCN2CCCCC2C1. The van der Waals surface area contributed by atoms with Crippen LogP contribution in [0.3, 0.4) is 0 Å². The van der Waals surface area contributed by atoms with Gasteiger partial charge in [-0.25, -0.2) is 9.97 Å². The highest BCUT2D eigenvalue weighted by molar-refractivity contribution is 6.30. The summed E-state index contributed by atoms with van der Waals surface area (Å²) in [5, 5.41) is 0.607. The Balaban J connectivity index is 1.84. The van der Waals surface area contributed by atoms with E-state index in [1.54, 1.807) is 6.33 Å². The minimum Gasteiger partial charge on any atom is -0.353 e. The maximum atomic E-state index is 6.29. The third-order valence-electron chi connectivity index (χ3n) is 4.53. The zero-order valence-corrected chi connectivity index (χ0v) is 13.1. The van der Waals surface area contributed by atoms with Crippen LogP contribution in [0.25, 0.3) is 0 Å². The van der Waals surface area contributed by atoms with Crippen LogP contribution in [0.15, 0.2) is 6.33 Å². The fourth-order valence-electron chi connectivity index (χ4n) is 3.46. The van der Waals surface area contributed by atoms with E-state index < -0.39 is 0 Å². The first-order valence-corrected chi connectivity index (χ1v) is 8.04. The fourth-order valence-corrected chi connectivity index (χ4v) is 3.81. The van der Waals surface area contributed by atoms with Gasteiger partial charge in [0.1, 0.15) is 17.3 Å². The van der Waals surface area contributed by atoms with Crippen LogP contribution in [0.4, 0.5) is 5.82 Å². The number of halogens is 1. The molecule has 1 aromatic rings. The van der Waals surface area contributed by atoms with Gasteiger partial charge in [-0.2, -0.15) is 0 Å². The molecule has 2 saturated heterocycles. The number of fused-ring (bicyclic) bond motifs is 1. The normalized spacial score (nSPS) is 24.0. The summed E-state index contributed by atoms with van der Waals surface area (Å²) in [6.07, 6.45) is 5.62. The van der Waals surface area contributed by atoms with Crippen LogP contribution in [-0.4, -0.2) is 47.1 Å². The summed E-state index contributed by atoms with van der Waals surface area (Å²) < 4.78 is 0. The summed E-state index contributed by atoms with van der Waals surface area (Å²) in [6, 6.07) is 0.686. The first kappa shape index (κ1) is 14.1. The summed E-state index contributed by atoms with van der Waals surface area (Å²) in [6.45, 7) is 8.84. The molecule has 4 nitrogen and oxygen atoms in total. The van der Waals surface area contributed by atoms with E-state index in [4.69, 9.17) is 11.6 Å². The minimum absolute atomic E-state index is 0.350. The molecule has 110 valence electrons. The Labute approximate surface area is 126 Å². The van der Waals surface area contributed by atoms with Crippen molar-refractivity contribution in [3.05, 3.63) is 17.0 Å². The molecule has 2 fully saturated rings. The summed E-state index contributed by atoms with van der Waals surface area (Å²) in [5.74, 6) is 1.40. The molecule has 5 heteroatoms. The Morgan fingerprint density at radius 2 is 2.05 bits per heavy atom. The van der Waals surface area contributed by atoms with E-state index in [0.717, 1.165) is 31.0 Å². The zero-order valence-electron chi connectivity index (χ0n) is 12.3. The molecule has 0 N–H and O–H groups in total. The highest BCUT2D eigenvalue weighted by Crippen LogP contribution is 2.32. The van der Waals surface area contributed by atoms with E-state index in [1.165, 1.54) is 25.8 Å². The van der Waals surface area contributed by atoms with Gasteiger partial charge in [-0.15, -0.1) is 0 Å². The summed E-state index contributed by atoms with van der Waals surface area (Å²) in [7, 11) is 0. The highest BCUT2D eigenvalue weighted by Gasteiger charge is 2.31. The van der Waals surface area contributed by atoms with E-state index in [9.17, 15) is 0 Å². The van der Waals surface area contributed by atoms with Crippen LogP contribution in [0.2, 0.25) is 5.15 Å². The Kier molecular flexibility index (Phi) is 4.13. The van der Waals surface area contributed by atoms with Gasteiger partial charge in [-0.3, -0.25) is 4.90 Å². The van der Waals surface area contributed by atoms with Gasteiger partial charge in [-0.05, 0) is 25.3 Å². The van der Waals surface area contributed by atoms with Gasteiger partial charge in [0.15, 0.2) is 0 Å². The second-order valence-corrected chi connectivity index (χ2v) is 6.55. The number of hydrogen-bond donors (Lipinski definition) is 0. The molecule has 0 aromatic carbocycles. The van der Waals surface area contributed by atoms with Crippen LogP contribution in [0.5, 0.6) is 0 Å². The predicted molar refractivity (Wildman–Crippen MR) is 82.6 cm³/mol. The molecule has 1 atom stereocenters. The lowest BCUT2D eigenvalue weighted by atomic mass is 9.98. The van der Waals surface area contributed by atoms with E-state index in [0.29, 0.717) is 17.1 Å². The first-order chi connectivity index (χ1) is 9.66. The molecule has 20 heavy (non-hydrogen) atoms. The molecular weight excluding hydrogens is 272 g/mol. The molecule has 2 aliphatic rings. The van der Waals surface area contributed by atoms with Crippen LogP contribution in [-0.2, 0) is 0 Å². The van der Waals surface area contributed by atoms with Crippen LogP contribution in [0, 0.1) is 0 Å². The minimum atomic E-state index is 0.350. The molecule has 0 spiro atoms. The molecule has 0 aliphatic carbocycles. The van der Waals surface area contributed by atoms with Gasteiger partial charge in [0, 0.05) is 31.2 Å².